The van der Waals surface area contributed by atoms with Gasteiger partial charge < -0.3 is 5.73 Å². The van der Waals surface area contributed by atoms with Gasteiger partial charge in [0.15, 0.2) is 0 Å². The van der Waals surface area contributed by atoms with Crippen LogP contribution in [0.1, 0.15) is 19.8 Å². The van der Waals surface area contributed by atoms with Gasteiger partial charge in [0.05, 0.1) is 5.84 Å². The molecule has 1 heterocycles. The summed E-state index contributed by atoms with van der Waals surface area (Å²) < 4.78 is 0. The Morgan fingerprint density at radius 1 is 1.77 bits per heavy atom. The third-order valence-electron chi connectivity index (χ3n) is 2.69. The van der Waals surface area contributed by atoms with Crippen LogP contribution in [0, 0.1) is 5.41 Å². The topological polar surface area (TPSA) is 53.1 Å². The van der Waals surface area contributed by atoms with Gasteiger partial charge in [-0.1, -0.05) is 0 Å². The van der Waals surface area contributed by atoms with E-state index in [2.05, 4.69) is 18.9 Å². The van der Waals surface area contributed by atoms with Crippen molar-refractivity contribution in [1.82, 2.24) is 4.90 Å². The quantitative estimate of drug-likeness (QED) is 0.530. The molecule has 1 aliphatic rings. The van der Waals surface area contributed by atoms with Gasteiger partial charge in [-0.2, -0.15) is 11.8 Å². The highest BCUT2D eigenvalue weighted by atomic mass is 32.2. The maximum atomic E-state index is 7.23. The molecule has 3 nitrogen and oxygen atoms in total. The molecule has 2 atom stereocenters. The molecular weight excluding hydrogens is 182 g/mol. The van der Waals surface area contributed by atoms with Gasteiger partial charge in [-0.3, -0.25) is 10.3 Å². The third kappa shape index (κ3) is 3.19. The van der Waals surface area contributed by atoms with E-state index in [0.717, 1.165) is 0 Å². The zero-order valence-electron chi connectivity index (χ0n) is 8.42. The molecule has 0 aliphatic carbocycles. The number of thioether (sulfide) groups is 1. The molecule has 1 fully saturated rings. The molecule has 0 spiro atoms. The summed E-state index contributed by atoms with van der Waals surface area (Å²) in [5.41, 5.74) is 5.38. The fourth-order valence-electron chi connectivity index (χ4n) is 1.67. The average Bonchev–Trinajstić information content (AvgIpc) is 2.53. The Morgan fingerprint density at radius 3 is 2.92 bits per heavy atom. The summed E-state index contributed by atoms with van der Waals surface area (Å²) in [5.74, 6) is 2.81. The van der Waals surface area contributed by atoms with E-state index >= 15 is 0 Å². The molecule has 0 aromatic carbocycles. The van der Waals surface area contributed by atoms with E-state index < -0.39 is 0 Å². The molecule has 4 heteroatoms. The molecule has 0 saturated carbocycles. The second-order valence-electron chi connectivity index (χ2n) is 3.76. The minimum atomic E-state index is 0.296. The molecular formula is C9H19N3S. The fourth-order valence-corrected chi connectivity index (χ4v) is 2.94. The highest BCUT2D eigenvalue weighted by molar-refractivity contribution is 7.99. The molecule has 76 valence electrons. The van der Waals surface area contributed by atoms with Crippen molar-refractivity contribution >= 4 is 17.6 Å². The Balaban J connectivity index is 2.36. The predicted octanol–water partition coefficient (Wildman–Crippen LogP) is 1.14. The van der Waals surface area contributed by atoms with E-state index in [1.807, 2.05) is 11.8 Å². The monoisotopic (exact) mass is 201 g/mol. The molecule has 1 rings (SSSR count). The van der Waals surface area contributed by atoms with Crippen molar-refractivity contribution < 1.29 is 0 Å². The van der Waals surface area contributed by atoms with Crippen LogP contribution in [0.2, 0.25) is 0 Å². The Kier molecular flexibility index (Phi) is 4.06. The van der Waals surface area contributed by atoms with Gasteiger partial charge in [0, 0.05) is 24.3 Å². The van der Waals surface area contributed by atoms with Gasteiger partial charge in [0.25, 0.3) is 0 Å². The molecule has 0 radical (unpaired) electrons. The smallest absolute Gasteiger partial charge is 0.0920 e. The highest BCUT2D eigenvalue weighted by Crippen LogP contribution is 2.23. The largest absolute Gasteiger partial charge is 0.388 e. The number of hydrogen-bond donors (Lipinski definition) is 2. The number of nitrogens with two attached hydrogens (primary N) is 1. The van der Waals surface area contributed by atoms with Crippen LogP contribution in [0.15, 0.2) is 0 Å². The van der Waals surface area contributed by atoms with E-state index in [1.165, 1.54) is 17.9 Å². The first kappa shape index (κ1) is 10.9. The van der Waals surface area contributed by atoms with Crippen LogP contribution in [-0.2, 0) is 0 Å². The second-order valence-corrected chi connectivity index (χ2v) is 4.91. The number of nitrogens with zero attached hydrogens (tertiary/aromatic N) is 1. The van der Waals surface area contributed by atoms with Gasteiger partial charge in [-0.25, -0.2) is 0 Å². The lowest BCUT2D eigenvalue weighted by molar-refractivity contribution is 0.203. The maximum absolute atomic E-state index is 7.23. The minimum Gasteiger partial charge on any atom is -0.388 e. The number of amidine groups is 1. The summed E-state index contributed by atoms with van der Waals surface area (Å²) >= 11 is 2.02. The summed E-state index contributed by atoms with van der Waals surface area (Å²) in [6, 6.07) is 1.10. The fraction of sp³-hybridized carbons (Fsp3) is 0.889. The van der Waals surface area contributed by atoms with E-state index in [-0.39, 0.29) is 0 Å². The van der Waals surface area contributed by atoms with Crippen LogP contribution < -0.4 is 5.73 Å². The Hall–Kier alpha value is -0.220. The Labute approximate surface area is 84.6 Å². The van der Waals surface area contributed by atoms with E-state index in [0.29, 0.717) is 24.3 Å². The average molecular weight is 201 g/mol. The third-order valence-corrected chi connectivity index (χ3v) is 3.84. The second kappa shape index (κ2) is 4.86. The Bertz CT molecular complexity index is 178. The lowest BCUT2D eigenvalue weighted by Gasteiger charge is -2.29. The molecule has 3 N–H and O–H groups in total. The molecule has 13 heavy (non-hydrogen) atoms. The van der Waals surface area contributed by atoms with Gasteiger partial charge in [-0.05, 0) is 26.1 Å². The molecule has 0 amide bonds. The normalized spacial score (nSPS) is 25.0. The summed E-state index contributed by atoms with van der Waals surface area (Å²) in [4.78, 5) is 2.36. The van der Waals surface area contributed by atoms with Crippen LogP contribution in [0.5, 0.6) is 0 Å². The first-order valence-corrected chi connectivity index (χ1v) is 5.89. The standard InChI is InChI=1S/C9H19N3S/c1-7(5-9(10)11)12(2)8-3-4-13-6-8/h7-8H,3-6H2,1-2H3,(H3,10,11). The summed E-state index contributed by atoms with van der Waals surface area (Å²) in [7, 11) is 2.14. The maximum Gasteiger partial charge on any atom is 0.0920 e. The first-order valence-electron chi connectivity index (χ1n) is 4.74. The van der Waals surface area contributed by atoms with Crippen LogP contribution >= 0.6 is 11.8 Å². The molecule has 1 saturated heterocycles. The molecule has 2 unspecified atom stereocenters. The minimum absolute atomic E-state index is 0.296. The molecule has 0 bridgehead atoms. The van der Waals surface area contributed by atoms with Crippen LogP contribution in [-0.4, -0.2) is 41.4 Å². The van der Waals surface area contributed by atoms with Gasteiger partial charge >= 0.3 is 0 Å². The van der Waals surface area contributed by atoms with Crippen molar-refractivity contribution in [2.24, 2.45) is 5.73 Å². The molecule has 0 aromatic heterocycles. The van der Waals surface area contributed by atoms with Gasteiger partial charge in [-0.15, -0.1) is 0 Å². The number of nitrogens with one attached hydrogen (secondary N) is 1. The zero-order chi connectivity index (χ0) is 9.84. The molecule has 0 aromatic rings. The first-order chi connectivity index (χ1) is 6.11. The van der Waals surface area contributed by atoms with Crippen molar-refractivity contribution in [1.29, 1.82) is 5.41 Å². The number of hydrogen-bond acceptors (Lipinski definition) is 3. The number of rotatable bonds is 4. The van der Waals surface area contributed by atoms with Crippen LogP contribution in [0.4, 0.5) is 0 Å². The van der Waals surface area contributed by atoms with Crippen molar-refractivity contribution in [3.05, 3.63) is 0 Å². The Morgan fingerprint density at radius 2 is 2.46 bits per heavy atom. The van der Waals surface area contributed by atoms with Gasteiger partial charge in [0.1, 0.15) is 0 Å². The summed E-state index contributed by atoms with van der Waals surface area (Å²) in [6.45, 7) is 2.14. The van der Waals surface area contributed by atoms with E-state index in [1.54, 1.807) is 0 Å². The zero-order valence-corrected chi connectivity index (χ0v) is 9.23. The lowest BCUT2D eigenvalue weighted by Crippen LogP contribution is -2.40. The van der Waals surface area contributed by atoms with Gasteiger partial charge in [0.2, 0.25) is 0 Å². The van der Waals surface area contributed by atoms with Crippen molar-refractivity contribution in [2.75, 3.05) is 18.6 Å². The predicted molar refractivity (Wildman–Crippen MR) is 59.5 cm³/mol. The van der Waals surface area contributed by atoms with Crippen molar-refractivity contribution in [2.45, 2.75) is 31.8 Å². The lowest BCUT2D eigenvalue weighted by atomic mass is 10.1. The van der Waals surface area contributed by atoms with Crippen molar-refractivity contribution in [3.8, 4) is 0 Å². The SMILES string of the molecule is CC(CC(=N)N)N(C)C1CCSC1. The van der Waals surface area contributed by atoms with E-state index in [4.69, 9.17) is 11.1 Å². The van der Waals surface area contributed by atoms with Crippen LogP contribution in [0.25, 0.3) is 0 Å². The van der Waals surface area contributed by atoms with Crippen molar-refractivity contribution in [3.63, 3.8) is 0 Å². The summed E-state index contributed by atoms with van der Waals surface area (Å²) in [5, 5.41) is 7.23. The molecule has 1 aliphatic heterocycles. The highest BCUT2D eigenvalue weighted by Gasteiger charge is 2.23. The van der Waals surface area contributed by atoms with Crippen LogP contribution in [0.3, 0.4) is 0 Å². The summed E-state index contributed by atoms with van der Waals surface area (Å²) in [6.07, 6.45) is 1.97. The van der Waals surface area contributed by atoms with E-state index in [9.17, 15) is 0 Å².